The fourth-order valence-electron chi connectivity index (χ4n) is 9.56. The van der Waals surface area contributed by atoms with E-state index < -0.39 is 0 Å². The highest BCUT2D eigenvalue weighted by Crippen LogP contribution is 2.47. The topological polar surface area (TPSA) is 9.72 Å². The first kappa shape index (κ1) is 35.6. The minimum absolute atomic E-state index is 0.00214. The van der Waals surface area contributed by atoms with Crippen LogP contribution in [-0.2, 0) is 0 Å². The minimum Gasteiger partial charge on any atom is -0.311 e. The number of benzene rings is 9. The highest BCUT2D eigenvalue weighted by Gasteiger charge is 2.43. The number of rotatable bonds is 7. The summed E-state index contributed by atoms with van der Waals surface area (Å²) >= 11 is 0. The van der Waals surface area contributed by atoms with Gasteiger partial charge in [0, 0.05) is 51.2 Å². The molecule has 0 saturated heterocycles. The molecule has 3 nitrogen and oxygen atoms in total. The lowest BCUT2D eigenvalue weighted by Crippen LogP contribution is -2.61. The lowest BCUT2D eigenvalue weighted by Gasteiger charge is -2.44. The second-order valence-corrected chi connectivity index (χ2v) is 16.0. The zero-order chi connectivity index (χ0) is 40.2. The number of para-hydroxylation sites is 2. The molecule has 2 heterocycles. The molecule has 4 heteroatoms. The Morgan fingerprint density at radius 1 is 0.333 bits per heavy atom. The van der Waals surface area contributed by atoms with Crippen molar-refractivity contribution in [2.45, 2.75) is 13.8 Å². The molecule has 0 fully saturated rings. The maximum absolute atomic E-state index is 2.52. The van der Waals surface area contributed by atoms with E-state index in [0.717, 1.165) is 28.4 Å². The summed E-state index contributed by atoms with van der Waals surface area (Å²) in [6.45, 7) is 4.41. The van der Waals surface area contributed by atoms with Crippen molar-refractivity contribution >= 4 is 74.3 Å². The third-order valence-corrected chi connectivity index (χ3v) is 12.0. The molecule has 0 aliphatic carbocycles. The molecule has 0 N–H and O–H groups in total. The Balaban J connectivity index is 1.18. The quantitative estimate of drug-likeness (QED) is 0.150. The zero-order valence-electron chi connectivity index (χ0n) is 33.7. The summed E-state index contributed by atoms with van der Waals surface area (Å²) in [4.78, 5) is 7.40. The normalized spacial score (nSPS) is 12.4. The van der Waals surface area contributed by atoms with E-state index >= 15 is 0 Å². The Morgan fingerprint density at radius 2 is 0.817 bits per heavy atom. The van der Waals surface area contributed by atoms with E-state index in [1.54, 1.807) is 0 Å². The van der Waals surface area contributed by atoms with Crippen molar-refractivity contribution in [3.63, 3.8) is 0 Å². The third-order valence-electron chi connectivity index (χ3n) is 12.0. The first-order valence-electron chi connectivity index (χ1n) is 20.8. The van der Waals surface area contributed by atoms with Crippen LogP contribution in [0.15, 0.2) is 218 Å². The number of aryl methyl sites for hydroxylation is 2. The van der Waals surface area contributed by atoms with E-state index in [-0.39, 0.29) is 6.71 Å². The summed E-state index contributed by atoms with van der Waals surface area (Å²) in [6, 6.07) is 80.0. The lowest BCUT2D eigenvalue weighted by molar-refractivity contribution is 1.23. The van der Waals surface area contributed by atoms with Gasteiger partial charge in [0.25, 0.3) is 6.71 Å². The summed E-state index contributed by atoms with van der Waals surface area (Å²) in [7, 11) is 0. The number of nitrogens with zero attached hydrogens (tertiary/aromatic N) is 3. The standard InChI is InChI=1S/C56H42BN3/c1-39-33-40(2)35-49(34-39)60-53-28-16-27-52-56(53)57(51-32-30-48(38-55(51)60)58(45-22-11-5-12-23-45)46-24-13-6-14-25-46)50-31-29-44(42-19-9-4-10-20-42)37-54(50)59(52)47-26-15-21-43(36-47)41-17-7-3-8-18-41/h3-38H,1-2H3. The number of hydrogen-bond acceptors (Lipinski definition) is 3. The van der Waals surface area contributed by atoms with Crippen molar-refractivity contribution in [2.24, 2.45) is 0 Å². The fraction of sp³-hybridized carbons (Fsp3) is 0.0357. The summed E-state index contributed by atoms with van der Waals surface area (Å²) in [5.41, 5.74) is 21.6. The Kier molecular flexibility index (Phi) is 8.71. The van der Waals surface area contributed by atoms with Crippen molar-refractivity contribution in [1.29, 1.82) is 0 Å². The Morgan fingerprint density at radius 3 is 1.42 bits per heavy atom. The molecular weight excluding hydrogens is 725 g/mol. The molecule has 0 aromatic heterocycles. The molecule has 11 rings (SSSR count). The molecule has 9 aromatic rings. The van der Waals surface area contributed by atoms with Crippen LogP contribution in [0.3, 0.4) is 0 Å². The van der Waals surface area contributed by atoms with Crippen LogP contribution >= 0.6 is 0 Å². The van der Waals surface area contributed by atoms with Crippen molar-refractivity contribution in [2.75, 3.05) is 14.7 Å². The molecule has 0 atom stereocenters. The maximum atomic E-state index is 2.52. The van der Waals surface area contributed by atoms with Crippen LogP contribution in [0.25, 0.3) is 22.3 Å². The van der Waals surface area contributed by atoms with Gasteiger partial charge >= 0.3 is 0 Å². The molecule has 2 aliphatic heterocycles. The molecule has 284 valence electrons. The van der Waals surface area contributed by atoms with Crippen LogP contribution in [0.5, 0.6) is 0 Å². The third kappa shape index (κ3) is 6.08. The van der Waals surface area contributed by atoms with Crippen molar-refractivity contribution in [1.82, 2.24) is 0 Å². The van der Waals surface area contributed by atoms with Crippen LogP contribution in [0.2, 0.25) is 0 Å². The molecule has 0 amide bonds. The van der Waals surface area contributed by atoms with Crippen molar-refractivity contribution < 1.29 is 0 Å². The van der Waals surface area contributed by atoms with E-state index in [0.29, 0.717) is 0 Å². The SMILES string of the molecule is Cc1cc(C)cc(N2c3cc(N(c4ccccc4)c4ccccc4)ccc3B3c4ccc(-c5ccccc5)cc4N(c4cccc(-c5ccccc5)c4)c4cccc2c43)c1. The Bertz CT molecular complexity index is 2960. The second kappa shape index (κ2) is 14.7. The molecule has 0 bridgehead atoms. The van der Waals surface area contributed by atoms with Gasteiger partial charge in [0.1, 0.15) is 0 Å². The summed E-state index contributed by atoms with van der Waals surface area (Å²) in [6.07, 6.45) is 0. The van der Waals surface area contributed by atoms with Crippen LogP contribution < -0.4 is 31.1 Å². The van der Waals surface area contributed by atoms with Gasteiger partial charge in [-0.3, -0.25) is 0 Å². The monoisotopic (exact) mass is 767 g/mol. The van der Waals surface area contributed by atoms with E-state index in [1.165, 1.54) is 72.5 Å². The van der Waals surface area contributed by atoms with Gasteiger partial charge in [-0.2, -0.15) is 0 Å². The first-order chi connectivity index (χ1) is 29.6. The number of anilines is 9. The largest absolute Gasteiger partial charge is 0.311 e. The average molecular weight is 768 g/mol. The Hall–Kier alpha value is -7.56. The van der Waals surface area contributed by atoms with Crippen LogP contribution in [-0.4, -0.2) is 6.71 Å². The van der Waals surface area contributed by atoms with E-state index in [1.807, 2.05) is 0 Å². The zero-order valence-corrected chi connectivity index (χ0v) is 33.7. The average Bonchev–Trinajstić information content (AvgIpc) is 3.30. The van der Waals surface area contributed by atoms with Gasteiger partial charge in [0.2, 0.25) is 0 Å². The van der Waals surface area contributed by atoms with Gasteiger partial charge in [-0.25, -0.2) is 0 Å². The Labute approximate surface area is 353 Å². The van der Waals surface area contributed by atoms with Crippen molar-refractivity contribution in [3.05, 3.63) is 230 Å². The fourth-order valence-corrected chi connectivity index (χ4v) is 9.56. The molecule has 60 heavy (non-hydrogen) atoms. The summed E-state index contributed by atoms with van der Waals surface area (Å²) in [5.74, 6) is 0. The highest BCUT2D eigenvalue weighted by atomic mass is 15.2. The van der Waals surface area contributed by atoms with E-state index in [4.69, 9.17) is 0 Å². The summed E-state index contributed by atoms with van der Waals surface area (Å²) < 4.78 is 0. The number of hydrogen-bond donors (Lipinski definition) is 0. The second-order valence-electron chi connectivity index (χ2n) is 16.0. The first-order valence-corrected chi connectivity index (χ1v) is 20.8. The molecule has 0 saturated carbocycles. The minimum atomic E-state index is -0.00214. The van der Waals surface area contributed by atoms with Gasteiger partial charge in [-0.15, -0.1) is 0 Å². The van der Waals surface area contributed by atoms with E-state index in [2.05, 4.69) is 247 Å². The smallest absolute Gasteiger partial charge is 0.252 e. The van der Waals surface area contributed by atoms with Gasteiger partial charge in [0.15, 0.2) is 0 Å². The lowest BCUT2D eigenvalue weighted by atomic mass is 9.33. The molecule has 0 unspecified atom stereocenters. The van der Waals surface area contributed by atoms with Crippen LogP contribution in [0, 0.1) is 13.8 Å². The van der Waals surface area contributed by atoms with Gasteiger partial charge in [-0.1, -0.05) is 140 Å². The molecule has 9 aromatic carbocycles. The maximum Gasteiger partial charge on any atom is 0.252 e. The van der Waals surface area contributed by atoms with Crippen molar-refractivity contribution in [3.8, 4) is 22.3 Å². The van der Waals surface area contributed by atoms with Gasteiger partial charge in [-0.05, 0) is 142 Å². The molecular formula is C56H42BN3. The van der Waals surface area contributed by atoms with Gasteiger partial charge < -0.3 is 14.7 Å². The highest BCUT2D eigenvalue weighted by molar-refractivity contribution is 7.00. The summed E-state index contributed by atoms with van der Waals surface area (Å²) in [5, 5.41) is 0. The van der Waals surface area contributed by atoms with Crippen LogP contribution in [0.4, 0.5) is 51.2 Å². The molecule has 2 aliphatic rings. The molecule has 0 spiro atoms. The molecule has 0 radical (unpaired) electrons. The van der Waals surface area contributed by atoms with Crippen LogP contribution in [0.1, 0.15) is 11.1 Å². The predicted octanol–water partition coefficient (Wildman–Crippen LogP) is 13.2. The van der Waals surface area contributed by atoms with Gasteiger partial charge in [0.05, 0.1) is 0 Å². The predicted molar refractivity (Wildman–Crippen MR) is 255 cm³/mol. The van der Waals surface area contributed by atoms with E-state index in [9.17, 15) is 0 Å². The number of fused-ring (bicyclic) bond motifs is 4.